The number of nitrogens with one attached hydrogen (secondary N) is 1. The van der Waals surface area contributed by atoms with Crippen molar-refractivity contribution in [3.05, 3.63) is 53.5 Å². The van der Waals surface area contributed by atoms with Crippen molar-refractivity contribution in [2.24, 2.45) is 7.05 Å². The minimum absolute atomic E-state index is 0.238. The fourth-order valence-corrected chi connectivity index (χ4v) is 2.25. The van der Waals surface area contributed by atoms with Crippen LogP contribution in [0.2, 0.25) is 0 Å². The summed E-state index contributed by atoms with van der Waals surface area (Å²) in [5, 5.41) is 10.9. The number of carbonyl (C=O) groups excluding carboxylic acids is 1. The lowest BCUT2D eigenvalue weighted by atomic mass is 10.1. The van der Waals surface area contributed by atoms with E-state index in [4.69, 9.17) is 4.52 Å². The zero-order valence-corrected chi connectivity index (χ0v) is 12.6. The van der Waals surface area contributed by atoms with E-state index in [1.165, 1.54) is 0 Å². The number of aryl methyl sites for hydroxylation is 2. The lowest BCUT2D eigenvalue weighted by molar-refractivity contribution is 0.101. The molecule has 0 atom stereocenters. The summed E-state index contributed by atoms with van der Waals surface area (Å²) in [6, 6.07) is 11.2. The van der Waals surface area contributed by atoms with E-state index in [0.29, 0.717) is 11.4 Å². The highest BCUT2D eigenvalue weighted by molar-refractivity contribution is 6.03. The molecule has 6 nitrogen and oxygen atoms in total. The maximum atomic E-state index is 12.3. The van der Waals surface area contributed by atoms with Gasteiger partial charge in [0.05, 0.1) is 17.1 Å². The highest BCUT2D eigenvalue weighted by atomic mass is 16.5. The average Bonchev–Trinajstić information content (AvgIpc) is 3.10. The first-order valence-electron chi connectivity index (χ1n) is 6.90. The zero-order chi connectivity index (χ0) is 15.7. The number of anilines is 1. The van der Waals surface area contributed by atoms with Crippen LogP contribution in [0, 0.1) is 13.8 Å². The molecule has 22 heavy (non-hydrogen) atoms. The van der Waals surface area contributed by atoms with Gasteiger partial charge in [-0.15, -0.1) is 0 Å². The maximum absolute atomic E-state index is 12.3. The molecule has 0 saturated heterocycles. The second-order valence-corrected chi connectivity index (χ2v) is 5.07. The highest BCUT2D eigenvalue weighted by Gasteiger charge is 2.17. The van der Waals surface area contributed by atoms with Crippen LogP contribution < -0.4 is 5.32 Å². The van der Waals surface area contributed by atoms with Crippen molar-refractivity contribution in [1.29, 1.82) is 0 Å². The second kappa shape index (κ2) is 5.48. The van der Waals surface area contributed by atoms with E-state index in [0.717, 1.165) is 17.0 Å². The van der Waals surface area contributed by atoms with Gasteiger partial charge < -0.3 is 9.84 Å². The summed E-state index contributed by atoms with van der Waals surface area (Å²) in [6.07, 6.45) is 0. The van der Waals surface area contributed by atoms with Gasteiger partial charge in [0.25, 0.3) is 5.91 Å². The molecular formula is C16H16N4O2. The Morgan fingerprint density at radius 2 is 1.95 bits per heavy atom. The number of amides is 1. The normalized spacial score (nSPS) is 10.7. The molecular weight excluding hydrogens is 280 g/mol. The maximum Gasteiger partial charge on any atom is 0.277 e. The number of nitrogens with zero attached hydrogens (tertiary/aromatic N) is 3. The van der Waals surface area contributed by atoms with Crippen molar-refractivity contribution >= 4 is 11.6 Å². The van der Waals surface area contributed by atoms with E-state index in [1.807, 2.05) is 51.2 Å². The van der Waals surface area contributed by atoms with E-state index in [1.54, 1.807) is 10.7 Å². The van der Waals surface area contributed by atoms with E-state index in [2.05, 4.69) is 15.6 Å². The van der Waals surface area contributed by atoms with E-state index in [9.17, 15) is 4.79 Å². The summed E-state index contributed by atoms with van der Waals surface area (Å²) in [5.41, 5.74) is 3.47. The Bertz CT molecular complexity index is 818. The lowest BCUT2D eigenvalue weighted by Crippen LogP contribution is -2.13. The van der Waals surface area contributed by atoms with Gasteiger partial charge in [0.1, 0.15) is 0 Å². The first kappa shape index (κ1) is 14.1. The minimum Gasteiger partial charge on any atom is -0.355 e. The highest BCUT2D eigenvalue weighted by Crippen LogP contribution is 2.22. The molecule has 6 heteroatoms. The third-order valence-corrected chi connectivity index (χ3v) is 3.55. The van der Waals surface area contributed by atoms with Gasteiger partial charge in [-0.2, -0.15) is 5.10 Å². The quantitative estimate of drug-likeness (QED) is 0.806. The van der Waals surface area contributed by atoms with Crippen molar-refractivity contribution in [2.45, 2.75) is 13.8 Å². The average molecular weight is 296 g/mol. The van der Waals surface area contributed by atoms with Gasteiger partial charge in [-0.25, -0.2) is 0 Å². The van der Waals surface area contributed by atoms with Crippen LogP contribution in [0.25, 0.3) is 11.3 Å². The second-order valence-electron chi connectivity index (χ2n) is 5.07. The monoisotopic (exact) mass is 296 g/mol. The summed E-state index contributed by atoms with van der Waals surface area (Å²) in [5.74, 6) is 0.246. The molecule has 1 N–H and O–H groups in total. The van der Waals surface area contributed by atoms with Gasteiger partial charge in [0.2, 0.25) is 0 Å². The van der Waals surface area contributed by atoms with Crippen molar-refractivity contribution < 1.29 is 9.32 Å². The Morgan fingerprint density at radius 3 is 2.59 bits per heavy atom. The Balaban J connectivity index is 1.83. The van der Waals surface area contributed by atoms with Gasteiger partial charge in [0.15, 0.2) is 11.5 Å². The summed E-state index contributed by atoms with van der Waals surface area (Å²) in [7, 11) is 1.83. The van der Waals surface area contributed by atoms with Crippen LogP contribution in [-0.2, 0) is 7.05 Å². The van der Waals surface area contributed by atoms with Crippen molar-refractivity contribution in [3.8, 4) is 11.3 Å². The fraction of sp³-hybridized carbons (Fsp3) is 0.188. The summed E-state index contributed by atoms with van der Waals surface area (Å²) < 4.78 is 6.97. The molecule has 0 spiro atoms. The number of hydrogen-bond acceptors (Lipinski definition) is 4. The molecule has 3 rings (SSSR count). The van der Waals surface area contributed by atoms with E-state index < -0.39 is 0 Å². The predicted octanol–water partition coefficient (Wildman–Crippen LogP) is 2.94. The van der Waals surface area contributed by atoms with Gasteiger partial charge in [0, 0.05) is 18.7 Å². The molecule has 0 aliphatic rings. The molecule has 1 amide bonds. The van der Waals surface area contributed by atoms with Crippen LogP contribution in [0.15, 0.2) is 40.9 Å². The van der Waals surface area contributed by atoms with Crippen molar-refractivity contribution in [1.82, 2.24) is 14.9 Å². The van der Waals surface area contributed by atoms with Gasteiger partial charge in [-0.05, 0) is 13.8 Å². The van der Waals surface area contributed by atoms with Crippen LogP contribution in [0.3, 0.4) is 0 Å². The van der Waals surface area contributed by atoms with Crippen LogP contribution in [0.4, 0.5) is 5.69 Å². The molecule has 0 bridgehead atoms. The molecule has 0 aliphatic carbocycles. The molecule has 112 valence electrons. The van der Waals surface area contributed by atoms with Crippen molar-refractivity contribution in [2.75, 3.05) is 5.32 Å². The fourth-order valence-electron chi connectivity index (χ4n) is 2.25. The molecule has 1 aromatic carbocycles. The Labute approximate surface area is 127 Å². The predicted molar refractivity (Wildman–Crippen MR) is 82.6 cm³/mol. The molecule has 0 unspecified atom stereocenters. The number of aromatic nitrogens is 3. The van der Waals surface area contributed by atoms with E-state index >= 15 is 0 Å². The zero-order valence-electron chi connectivity index (χ0n) is 12.6. The summed E-state index contributed by atoms with van der Waals surface area (Å²) >= 11 is 0. The molecule has 2 heterocycles. The lowest BCUT2D eigenvalue weighted by Gasteiger charge is -2.02. The molecule has 2 aromatic heterocycles. The van der Waals surface area contributed by atoms with Crippen LogP contribution in [-0.4, -0.2) is 20.8 Å². The summed E-state index contributed by atoms with van der Waals surface area (Å²) in [4.78, 5) is 12.3. The Hall–Kier alpha value is -2.89. The molecule has 0 saturated carbocycles. The number of rotatable bonds is 3. The Morgan fingerprint density at radius 1 is 1.23 bits per heavy atom. The van der Waals surface area contributed by atoms with E-state index in [-0.39, 0.29) is 11.6 Å². The van der Waals surface area contributed by atoms with Gasteiger partial charge in [-0.3, -0.25) is 9.48 Å². The number of benzene rings is 1. The van der Waals surface area contributed by atoms with Crippen LogP contribution in [0.1, 0.15) is 21.9 Å². The smallest absolute Gasteiger partial charge is 0.277 e. The van der Waals surface area contributed by atoms with Gasteiger partial charge >= 0.3 is 0 Å². The first-order valence-corrected chi connectivity index (χ1v) is 6.90. The number of carbonyl (C=O) groups is 1. The van der Waals surface area contributed by atoms with Gasteiger partial charge in [-0.1, -0.05) is 35.5 Å². The molecule has 0 radical (unpaired) electrons. The summed E-state index contributed by atoms with van der Waals surface area (Å²) in [6.45, 7) is 3.74. The topological polar surface area (TPSA) is 73.0 Å². The van der Waals surface area contributed by atoms with Crippen LogP contribution in [0.5, 0.6) is 0 Å². The third-order valence-electron chi connectivity index (χ3n) is 3.55. The molecule has 0 aliphatic heterocycles. The number of hydrogen-bond donors (Lipinski definition) is 1. The molecule has 3 aromatic rings. The standard InChI is InChI=1S/C16H16N4O2/c1-10-15(11(2)20(3)18-10)17-16(21)13-9-14(22-19-13)12-7-5-4-6-8-12/h4-9H,1-3H3,(H,17,21). The SMILES string of the molecule is Cc1nn(C)c(C)c1NC(=O)c1cc(-c2ccccc2)on1. The molecule has 0 fully saturated rings. The largest absolute Gasteiger partial charge is 0.355 e. The minimum atomic E-state index is -0.315. The third kappa shape index (κ3) is 2.50. The van der Waals surface area contributed by atoms with Crippen LogP contribution >= 0.6 is 0 Å². The Kier molecular flexibility index (Phi) is 3.50. The van der Waals surface area contributed by atoms with Crippen molar-refractivity contribution in [3.63, 3.8) is 0 Å². The first-order chi connectivity index (χ1) is 10.6.